The molecule has 0 bridgehead atoms. The molecule has 136 valence electrons. The minimum Gasteiger partial charge on any atom is -0.369 e. The van der Waals surface area contributed by atoms with Gasteiger partial charge in [-0.15, -0.1) is 0 Å². The third-order valence-corrected chi connectivity index (χ3v) is 6.48. The fourth-order valence-corrected chi connectivity index (χ4v) is 3.83. The molecule has 0 atom stereocenters. The number of likely N-dealkylation sites (N-methyl/N-ethyl adjacent to an activating group) is 1. The molecule has 1 aromatic carbocycles. The van der Waals surface area contributed by atoms with Gasteiger partial charge in [0.15, 0.2) is 9.84 Å². The van der Waals surface area contributed by atoms with E-state index in [-0.39, 0.29) is 17.0 Å². The van der Waals surface area contributed by atoms with E-state index in [2.05, 4.69) is 22.2 Å². The number of carbonyl (C=O) groups excluding carboxylic acids is 1. The maximum atomic E-state index is 12.6. The van der Waals surface area contributed by atoms with Gasteiger partial charge >= 0.3 is 0 Å². The number of anilines is 2. The molecule has 1 amide bonds. The predicted octanol–water partition coefficient (Wildman–Crippen LogP) is 1.47. The third kappa shape index (κ3) is 4.50. The number of nitrogens with zero attached hydrogens (tertiary/aromatic N) is 3. The lowest BCUT2D eigenvalue weighted by molar-refractivity contribution is -0.115. The number of amides is 1. The second-order valence-electron chi connectivity index (χ2n) is 6.45. The minimum absolute atomic E-state index is 0.0895. The van der Waals surface area contributed by atoms with Gasteiger partial charge in [0.2, 0.25) is 5.91 Å². The molecule has 1 saturated heterocycles. The van der Waals surface area contributed by atoms with Gasteiger partial charge in [0.25, 0.3) is 0 Å². The van der Waals surface area contributed by atoms with Crippen molar-refractivity contribution in [1.29, 1.82) is 5.26 Å². The van der Waals surface area contributed by atoms with Crippen LogP contribution in [0.4, 0.5) is 11.4 Å². The van der Waals surface area contributed by atoms with Crippen LogP contribution < -0.4 is 10.2 Å². The summed E-state index contributed by atoms with van der Waals surface area (Å²) < 4.78 is 25.2. The van der Waals surface area contributed by atoms with Gasteiger partial charge < -0.3 is 15.1 Å². The zero-order valence-electron chi connectivity index (χ0n) is 14.8. The van der Waals surface area contributed by atoms with E-state index in [1.807, 2.05) is 0 Å². The van der Waals surface area contributed by atoms with Crippen molar-refractivity contribution < 1.29 is 13.2 Å². The summed E-state index contributed by atoms with van der Waals surface area (Å²) in [4.78, 5) is 16.3. The van der Waals surface area contributed by atoms with E-state index < -0.39 is 21.0 Å². The first-order valence-corrected chi connectivity index (χ1v) is 9.78. The van der Waals surface area contributed by atoms with Crippen LogP contribution >= 0.6 is 0 Å². The van der Waals surface area contributed by atoms with Crippen molar-refractivity contribution in [3.8, 4) is 6.07 Å². The fourth-order valence-electron chi connectivity index (χ4n) is 2.65. The average molecular weight is 364 g/mol. The fraction of sp³-hybridized carbons (Fsp3) is 0.529. The molecule has 2 rings (SSSR count). The van der Waals surface area contributed by atoms with E-state index in [0.29, 0.717) is 0 Å². The molecule has 0 saturated carbocycles. The van der Waals surface area contributed by atoms with Crippen LogP contribution in [-0.4, -0.2) is 57.7 Å². The van der Waals surface area contributed by atoms with Crippen molar-refractivity contribution in [2.24, 2.45) is 0 Å². The first kappa shape index (κ1) is 19.2. The Hall–Kier alpha value is -2.11. The monoisotopic (exact) mass is 364 g/mol. The Morgan fingerprint density at radius 3 is 2.48 bits per heavy atom. The highest BCUT2D eigenvalue weighted by Gasteiger charge is 2.25. The molecule has 7 nitrogen and oxygen atoms in total. The van der Waals surface area contributed by atoms with Crippen LogP contribution in [0.25, 0.3) is 0 Å². The average Bonchev–Trinajstić information content (AvgIpc) is 2.55. The molecule has 1 heterocycles. The largest absolute Gasteiger partial charge is 0.369 e. The quantitative estimate of drug-likeness (QED) is 0.850. The molecular weight excluding hydrogens is 340 g/mol. The Kier molecular flexibility index (Phi) is 6.03. The molecule has 1 aromatic rings. The molecule has 1 aliphatic heterocycles. The van der Waals surface area contributed by atoms with Gasteiger partial charge in [0, 0.05) is 31.9 Å². The Balaban J connectivity index is 2.40. The Morgan fingerprint density at radius 1 is 1.28 bits per heavy atom. The van der Waals surface area contributed by atoms with E-state index in [1.165, 1.54) is 0 Å². The zero-order chi connectivity index (χ0) is 18.6. The SMILES string of the molecule is CC(C)S(=O)(=O)c1ccc(N2CCN(C)CC2)cc1NC(=O)CC#N. The zero-order valence-corrected chi connectivity index (χ0v) is 15.6. The lowest BCUT2D eigenvalue weighted by Gasteiger charge is -2.34. The first-order chi connectivity index (χ1) is 11.8. The summed E-state index contributed by atoms with van der Waals surface area (Å²) in [5, 5.41) is 10.7. The second-order valence-corrected chi connectivity index (χ2v) is 8.92. The molecule has 1 aliphatic rings. The molecule has 1 N–H and O–H groups in total. The van der Waals surface area contributed by atoms with Crippen LogP contribution in [0.3, 0.4) is 0 Å². The van der Waals surface area contributed by atoms with Gasteiger partial charge in [-0.3, -0.25) is 4.79 Å². The summed E-state index contributed by atoms with van der Waals surface area (Å²) in [5.74, 6) is -0.516. The minimum atomic E-state index is -3.55. The maximum absolute atomic E-state index is 12.6. The number of hydrogen-bond donors (Lipinski definition) is 1. The Bertz CT molecular complexity index is 776. The van der Waals surface area contributed by atoms with Crippen LogP contribution in [0.1, 0.15) is 20.3 Å². The highest BCUT2D eigenvalue weighted by Crippen LogP contribution is 2.30. The van der Waals surface area contributed by atoms with E-state index >= 15 is 0 Å². The third-order valence-electron chi connectivity index (χ3n) is 4.27. The van der Waals surface area contributed by atoms with E-state index in [0.717, 1.165) is 31.9 Å². The first-order valence-electron chi connectivity index (χ1n) is 8.24. The topological polar surface area (TPSA) is 93.5 Å². The van der Waals surface area contributed by atoms with Crippen molar-refractivity contribution in [3.05, 3.63) is 18.2 Å². The molecule has 0 unspecified atom stereocenters. The summed E-state index contributed by atoms with van der Waals surface area (Å²) in [5.41, 5.74) is 1.11. The van der Waals surface area contributed by atoms with Crippen LogP contribution in [0.2, 0.25) is 0 Å². The van der Waals surface area contributed by atoms with Gasteiger partial charge in [0.1, 0.15) is 6.42 Å². The summed E-state index contributed by atoms with van der Waals surface area (Å²) in [6.07, 6.45) is -0.320. The van der Waals surface area contributed by atoms with Crippen molar-refractivity contribution in [3.63, 3.8) is 0 Å². The van der Waals surface area contributed by atoms with Crippen molar-refractivity contribution in [1.82, 2.24) is 4.90 Å². The van der Waals surface area contributed by atoms with Crippen molar-refractivity contribution in [2.45, 2.75) is 30.4 Å². The lowest BCUT2D eigenvalue weighted by Crippen LogP contribution is -2.44. The highest BCUT2D eigenvalue weighted by atomic mass is 32.2. The van der Waals surface area contributed by atoms with Gasteiger partial charge in [-0.05, 0) is 39.1 Å². The second kappa shape index (κ2) is 7.85. The molecular formula is C17H24N4O3S. The van der Waals surface area contributed by atoms with Gasteiger partial charge in [-0.1, -0.05) is 0 Å². The molecule has 8 heteroatoms. The molecule has 0 radical (unpaired) electrons. The van der Waals surface area contributed by atoms with Crippen molar-refractivity contribution in [2.75, 3.05) is 43.4 Å². The van der Waals surface area contributed by atoms with Crippen LogP contribution in [-0.2, 0) is 14.6 Å². The van der Waals surface area contributed by atoms with Crippen LogP contribution in [0.5, 0.6) is 0 Å². The molecule has 0 aliphatic carbocycles. The number of benzene rings is 1. The molecule has 25 heavy (non-hydrogen) atoms. The van der Waals surface area contributed by atoms with E-state index in [9.17, 15) is 13.2 Å². The number of carbonyl (C=O) groups is 1. The Labute approximate surface area is 149 Å². The van der Waals surface area contributed by atoms with Gasteiger partial charge in [-0.25, -0.2) is 8.42 Å². The van der Waals surface area contributed by atoms with E-state index in [4.69, 9.17) is 5.26 Å². The van der Waals surface area contributed by atoms with Gasteiger partial charge in [0.05, 0.1) is 21.9 Å². The van der Waals surface area contributed by atoms with E-state index in [1.54, 1.807) is 38.1 Å². The summed E-state index contributed by atoms with van der Waals surface area (Å²) in [7, 11) is -1.49. The normalized spacial score (nSPS) is 15.9. The summed E-state index contributed by atoms with van der Waals surface area (Å²) in [6.45, 7) is 6.70. The molecule has 0 spiro atoms. The van der Waals surface area contributed by atoms with Crippen molar-refractivity contribution >= 4 is 27.1 Å². The van der Waals surface area contributed by atoms with Gasteiger partial charge in [-0.2, -0.15) is 5.26 Å². The smallest absolute Gasteiger partial charge is 0.238 e. The Morgan fingerprint density at radius 2 is 1.92 bits per heavy atom. The number of sulfone groups is 1. The summed E-state index contributed by atoms with van der Waals surface area (Å²) >= 11 is 0. The number of hydrogen-bond acceptors (Lipinski definition) is 6. The number of piperazine rings is 1. The van der Waals surface area contributed by atoms with Crippen LogP contribution in [0, 0.1) is 11.3 Å². The number of nitriles is 1. The standard InChI is InChI=1S/C17H24N4O3S/c1-13(2)25(23,24)16-5-4-14(21-10-8-20(3)9-11-21)12-15(16)19-17(22)6-7-18/h4-5,12-13H,6,8-11H2,1-3H3,(H,19,22). The number of nitrogens with one attached hydrogen (secondary N) is 1. The number of rotatable bonds is 5. The maximum Gasteiger partial charge on any atom is 0.238 e. The highest BCUT2D eigenvalue weighted by molar-refractivity contribution is 7.92. The summed E-state index contributed by atoms with van der Waals surface area (Å²) in [6, 6.07) is 6.79. The molecule has 0 aromatic heterocycles. The lowest BCUT2D eigenvalue weighted by atomic mass is 10.2. The molecule has 1 fully saturated rings. The van der Waals surface area contributed by atoms with Crippen LogP contribution in [0.15, 0.2) is 23.1 Å². The predicted molar refractivity (Wildman–Crippen MR) is 97.3 cm³/mol.